The predicted octanol–water partition coefficient (Wildman–Crippen LogP) is 4.54. The van der Waals surface area contributed by atoms with E-state index in [0.717, 1.165) is 29.7 Å². The van der Waals surface area contributed by atoms with E-state index < -0.39 is 18.2 Å². The molecule has 0 radical (unpaired) electrons. The van der Waals surface area contributed by atoms with Crippen molar-refractivity contribution in [2.75, 3.05) is 0 Å². The summed E-state index contributed by atoms with van der Waals surface area (Å²) in [7, 11) is 0. The van der Waals surface area contributed by atoms with Gasteiger partial charge < -0.3 is 9.47 Å². The second kappa shape index (κ2) is 12.6. The van der Waals surface area contributed by atoms with Gasteiger partial charge in [-0.05, 0) is 17.5 Å². The van der Waals surface area contributed by atoms with Gasteiger partial charge in [-0.15, -0.1) is 0 Å². The van der Waals surface area contributed by atoms with Crippen molar-refractivity contribution in [1.82, 2.24) is 0 Å². The molecule has 0 saturated heterocycles. The standard InChI is InChI=1S/C10H14O4.C10H10/c1-4-7-10(13-8(11)5-2)14-9(12)6-3;1-3-9-7-5-6-8-10(9)4-2/h5-6,10H,2-4,7H2,1H3;3-8H,1-2H2. The Balaban J connectivity index is 0.000000463. The van der Waals surface area contributed by atoms with Gasteiger partial charge in [-0.3, -0.25) is 0 Å². The first-order chi connectivity index (χ1) is 11.5. The van der Waals surface area contributed by atoms with Crippen LogP contribution >= 0.6 is 0 Å². The number of hydrogen-bond donors (Lipinski definition) is 0. The zero-order valence-corrected chi connectivity index (χ0v) is 14.1. The number of ether oxygens (including phenoxy) is 2. The fraction of sp³-hybridized carbons (Fsp3) is 0.200. The second-order valence-corrected chi connectivity index (χ2v) is 4.54. The van der Waals surface area contributed by atoms with E-state index in [0.29, 0.717) is 6.42 Å². The lowest BCUT2D eigenvalue weighted by Crippen LogP contribution is -2.22. The Kier molecular flexibility index (Phi) is 11.1. The van der Waals surface area contributed by atoms with Crippen LogP contribution in [0.2, 0.25) is 0 Å². The summed E-state index contributed by atoms with van der Waals surface area (Å²) in [5, 5.41) is 0. The lowest BCUT2D eigenvalue weighted by molar-refractivity contribution is -0.181. The number of benzene rings is 1. The van der Waals surface area contributed by atoms with Gasteiger partial charge in [0.05, 0.1) is 0 Å². The van der Waals surface area contributed by atoms with Gasteiger partial charge in [0.25, 0.3) is 0 Å². The van der Waals surface area contributed by atoms with Crippen LogP contribution in [0.25, 0.3) is 12.2 Å². The highest BCUT2D eigenvalue weighted by Gasteiger charge is 2.14. The smallest absolute Gasteiger partial charge is 0.333 e. The SMILES string of the molecule is C=CC(=O)OC(CCC)OC(=O)C=C.C=Cc1ccccc1C=C. The lowest BCUT2D eigenvalue weighted by Gasteiger charge is -2.15. The number of carbonyl (C=O) groups is 2. The fourth-order valence-corrected chi connectivity index (χ4v) is 1.62. The van der Waals surface area contributed by atoms with Crippen LogP contribution in [-0.4, -0.2) is 18.2 Å². The highest BCUT2D eigenvalue weighted by Crippen LogP contribution is 2.10. The molecule has 0 aliphatic carbocycles. The minimum Gasteiger partial charge on any atom is -0.422 e. The van der Waals surface area contributed by atoms with Gasteiger partial charge in [0.2, 0.25) is 6.29 Å². The summed E-state index contributed by atoms with van der Waals surface area (Å²) >= 11 is 0. The molecule has 0 atom stereocenters. The summed E-state index contributed by atoms with van der Waals surface area (Å²) in [5.74, 6) is -1.22. The largest absolute Gasteiger partial charge is 0.422 e. The molecule has 0 aliphatic rings. The Labute approximate surface area is 143 Å². The summed E-state index contributed by atoms with van der Waals surface area (Å²) in [6.07, 6.45) is 6.04. The van der Waals surface area contributed by atoms with E-state index in [1.165, 1.54) is 0 Å². The Bertz CT molecular complexity index is 538. The molecule has 128 valence electrons. The molecule has 0 aromatic heterocycles. The first-order valence-electron chi connectivity index (χ1n) is 7.52. The van der Waals surface area contributed by atoms with Gasteiger partial charge in [0.15, 0.2) is 0 Å². The quantitative estimate of drug-likeness (QED) is 0.399. The number of hydrogen-bond acceptors (Lipinski definition) is 4. The van der Waals surface area contributed by atoms with Crippen LogP contribution in [0.1, 0.15) is 30.9 Å². The van der Waals surface area contributed by atoms with Crippen LogP contribution in [0, 0.1) is 0 Å². The minimum atomic E-state index is -0.851. The van der Waals surface area contributed by atoms with Crippen molar-refractivity contribution in [1.29, 1.82) is 0 Å². The summed E-state index contributed by atoms with van der Waals surface area (Å²) in [6.45, 7) is 15.7. The number of rotatable bonds is 8. The molecule has 0 bridgehead atoms. The molecule has 4 heteroatoms. The molecule has 1 rings (SSSR count). The Morgan fingerprint density at radius 1 is 0.958 bits per heavy atom. The zero-order valence-electron chi connectivity index (χ0n) is 14.1. The van der Waals surface area contributed by atoms with E-state index in [2.05, 4.69) is 26.3 Å². The Morgan fingerprint density at radius 2 is 1.38 bits per heavy atom. The third-order valence-electron chi connectivity index (χ3n) is 2.79. The third kappa shape index (κ3) is 8.54. The second-order valence-electron chi connectivity index (χ2n) is 4.54. The maximum atomic E-state index is 10.8. The molecule has 0 aliphatic heterocycles. The lowest BCUT2D eigenvalue weighted by atomic mass is 10.1. The maximum absolute atomic E-state index is 10.8. The predicted molar refractivity (Wildman–Crippen MR) is 97.9 cm³/mol. The summed E-state index contributed by atoms with van der Waals surface area (Å²) in [5.41, 5.74) is 2.27. The van der Waals surface area contributed by atoms with Gasteiger partial charge in [-0.25, -0.2) is 9.59 Å². The van der Waals surface area contributed by atoms with Crippen molar-refractivity contribution >= 4 is 24.1 Å². The highest BCUT2D eigenvalue weighted by molar-refractivity contribution is 5.83. The van der Waals surface area contributed by atoms with Crippen LogP contribution in [-0.2, 0) is 19.1 Å². The molecule has 0 saturated carbocycles. The average molecular weight is 328 g/mol. The normalized spacial score (nSPS) is 9.08. The summed E-state index contributed by atoms with van der Waals surface area (Å²) in [4.78, 5) is 21.6. The average Bonchev–Trinajstić information content (AvgIpc) is 2.61. The van der Waals surface area contributed by atoms with Gasteiger partial charge in [-0.2, -0.15) is 0 Å². The molecule has 1 aromatic rings. The zero-order chi connectivity index (χ0) is 18.4. The van der Waals surface area contributed by atoms with E-state index in [-0.39, 0.29) is 0 Å². The van der Waals surface area contributed by atoms with E-state index >= 15 is 0 Å². The van der Waals surface area contributed by atoms with Gasteiger partial charge >= 0.3 is 11.9 Å². The van der Waals surface area contributed by atoms with Crippen molar-refractivity contribution in [2.24, 2.45) is 0 Å². The van der Waals surface area contributed by atoms with Crippen molar-refractivity contribution in [2.45, 2.75) is 26.1 Å². The first kappa shape index (κ1) is 21.1. The molecule has 4 nitrogen and oxygen atoms in total. The van der Waals surface area contributed by atoms with Crippen molar-refractivity contribution in [3.8, 4) is 0 Å². The molecule has 0 unspecified atom stereocenters. The summed E-state index contributed by atoms with van der Waals surface area (Å²) in [6, 6.07) is 8.02. The molecule has 0 heterocycles. The van der Waals surface area contributed by atoms with E-state index in [9.17, 15) is 9.59 Å². The molecule has 0 spiro atoms. The van der Waals surface area contributed by atoms with Crippen LogP contribution < -0.4 is 0 Å². The van der Waals surface area contributed by atoms with Gasteiger partial charge in [-0.1, -0.05) is 69.7 Å². The van der Waals surface area contributed by atoms with Gasteiger partial charge in [0.1, 0.15) is 0 Å². The Hall–Kier alpha value is -2.88. The molecule has 1 aromatic carbocycles. The topological polar surface area (TPSA) is 52.6 Å². The summed E-state index contributed by atoms with van der Waals surface area (Å²) < 4.78 is 9.53. The van der Waals surface area contributed by atoms with Crippen molar-refractivity contribution in [3.05, 3.63) is 73.9 Å². The van der Waals surface area contributed by atoms with Crippen LogP contribution in [0.5, 0.6) is 0 Å². The molecule has 24 heavy (non-hydrogen) atoms. The fourth-order valence-electron chi connectivity index (χ4n) is 1.62. The minimum absolute atomic E-state index is 0.458. The van der Waals surface area contributed by atoms with E-state index in [1.54, 1.807) is 0 Å². The first-order valence-corrected chi connectivity index (χ1v) is 7.52. The number of esters is 2. The number of carbonyl (C=O) groups excluding carboxylic acids is 2. The molecule has 0 N–H and O–H groups in total. The monoisotopic (exact) mass is 328 g/mol. The molecular weight excluding hydrogens is 304 g/mol. The van der Waals surface area contributed by atoms with Crippen LogP contribution in [0.3, 0.4) is 0 Å². The molecule has 0 fully saturated rings. The van der Waals surface area contributed by atoms with Crippen LogP contribution in [0.4, 0.5) is 0 Å². The maximum Gasteiger partial charge on any atom is 0.333 e. The Morgan fingerprint density at radius 3 is 1.67 bits per heavy atom. The van der Waals surface area contributed by atoms with Crippen molar-refractivity contribution in [3.63, 3.8) is 0 Å². The third-order valence-corrected chi connectivity index (χ3v) is 2.79. The molecular formula is C20H24O4. The van der Waals surface area contributed by atoms with Gasteiger partial charge in [0, 0.05) is 18.6 Å². The highest BCUT2D eigenvalue weighted by atomic mass is 16.7. The molecule has 0 amide bonds. The van der Waals surface area contributed by atoms with E-state index in [4.69, 9.17) is 9.47 Å². The van der Waals surface area contributed by atoms with Crippen LogP contribution in [0.15, 0.2) is 62.7 Å². The van der Waals surface area contributed by atoms with E-state index in [1.807, 2.05) is 43.3 Å². The van der Waals surface area contributed by atoms with Crippen molar-refractivity contribution < 1.29 is 19.1 Å².